The Morgan fingerprint density at radius 3 is 2.75 bits per heavy atom. The molecule has 1 aromatic carbocycles. The highest BCUT2D eigenvalue weighted by atomic mass is 32.1. The SMILES string of the molecule is CC(=O)c1sc(NC(=O)Cn2ccc3ccccc32)c(C#N)c1C. The molecule has 0 saturated heterocycles. The second-order valence-electron chi connectivity index (χ2n) is 5.48. The van der Waals surface area contributed by atoms with Gasteiger partial charge in [-0.05, 0) is 36.9 Å². The molecule has 0 saturated carbocycles. The van der Waals surface area contributed by atoms with E-state index in [1.807, 2.05) is 41.1 Å². The lowest BCUT2D eigenvalue weighted by atomic mass is 10.1. The zero-order valence-electron chi connectivity index (χ0n) is 13.3. The van der Waals surface area contributed by atoms with Crippen molar-refractivity contribution >= 4 is 38.9 Å². The summed E-state index contributed by atoms with van der Waals surface area (Å²) >= 11 is 1.15. The molecule has 120 valence electrons. The van der Waals surface area contributed by atoms with Gasteiger partial charge in [0.25, 0.3) is 0 Å². The van der Waals surface area contributed by atoms with Gasteiger partial charge in [0.2, 0.25) is 5.91 Å². The van der Waals surface area contributed by atoms with Crippen LogP contribution in [0.3, 0.4) is 0 Å². The maximum Gasteiger partial charge on any atom is 0.244 e. The van der Waals surface area contributed by atoms with Crippen molar-refractivity contribution in [3.05, 3.63) is 52.5 Å². The summed E-state index contributed by atoms with van der Waals surface area (Å²) in [6.45, 7) is 3.32. The summed E-state index contributed by atoms with van der Waals surface area (Å²) in [6, 6.07) is 11.8. The molecule has 2 aromatic heterocycles. The van der Waals surface area contributed by atoms with Gasteiger partial charge in [-0.1, -0.05) is 18.2 Å². The molecule has 0 aliphatic heterocycles. The molecular formula is C18H15N3O2S. The van der Waals surface area contributed by atoms with Crippen LogP contribution in [0.15, 0.2) is 36.5 Å². The Morgan fingerprint density at radius 1 is 1.29 bits per heavy atom. The molecule has 0 aliphatic rings. The second kappa shape index (κ2) is 6.30. The number of hydrogen-bond donors (Lipinski definition) is 1. The Labute approximate surface area is 143 Å². The second-order valence-corrected chi connectivity index (χ2v) is 6.50. The van der Waals surface area contributed by atoms with Crippen LogP contribution in [0, 0.1) is 18.3 Å². The number of benzene rings is 1. The summed E-state index contributed by atoms with van der Waals surface area (Å²) in [5.74, 6) is -0.338. The highest BCUT2D eigenvalue weighted by molar-refractivity contribution is 7.18. The fourth-order valence-corrected chi connectivity index (χ4v) is 3.74. The van der Waals surface area contributed by atoms with Gasteiger partial charge in [0, 0.05) is 11.7 Å². The van der Waals surface area contributed by atoms with Crippen LogP contribution in [0.1, 0.15) is 27.7 Å². The normalized spacial score (nSPS) is 10.5. The zero-order valence-corrected chi connectivity index (χ0v) is 14.1. The van der Waals surface area contributed by atoms with Crippen LogP contribution in [0.25, 0.3) is 10.9 Å². The maximum atomic E-state index is 12.4. The first-order valence-corrected chi connectivity index (χ1v) is 8.21. The Balaban J connectivity index is 1.84. The van der Waals surface area contributed by atoms with Crippen molar-refractivity contribution in [1.82, 2.24) is 4.57 Å². The van der Waals surface area contributed by atoms with Crippen LogP contribution in [-0.2, 0) is 11.3 Å². The van der Waals surface area contributed by atoms with E-state index in [4.69, 9.17) is 0 Å². The highest BCUT2D eigenvalue weighted by Gasteiger charge is 2.19. The van der Waals surface area contributed by atoms with E-state index in [2.05, 4.69) is 11.4 Å². The number of hydrogen-bond acceptors (Lipinski definition) is 4. The van der Waals surface area contributed by atoms with E-state index in [9.17, 15) is 14.9 Å². The number of aromatic nitrogens is 1. The predicted octanol–water partition coefficient (Wildman–Crippen LogP) is 3.72. The number of ketones is 1. The summed E-state index contributed by atoms with van der Waals surface area (Å²) < 4.78 is 1.85. The molecule has 0 fully saturated rings. The Kier molecular flexibility index (Phi) is 4.19. The zero-order chi connectivity index (χ0) is 17.3. The molecule has 6 heteroatoms. The standard InChI is InChI=1S/C18H15N3O2S/c1-11-14(9-19)18(24-17(11)12(2)22)20-16(23)10-21-8-7-13-5-3-4-6-15(13)21/h3-8H,10H2,1-2H3,(H,20,23). The number of amides is 1. The molecular weight excluding hydrogens is 322 g/mol. The van der Waals surface area contributed by atoms with Crippen LogP contribution in [0.4, 0.5) is 5.00 Å². The number of carbonyl (C=O) groups is 2. The number of para-hydroxylation sites is 1. The van der Waals surface area contributed by atoms with Crippen molar-refractivity contribution in [2.75, 3.05) is 5.32 Å². The van der Waals surface area contributed by atoms with E-state index in [-0.39, 0.29) is 18.2 Å². The average molecular weight is 337 g/mol. The molecule has 3 rings (SSSR count). The van der Waals surface area contributed by atoms with Crippen molar-refractivity contribution in [1.29, 1.82) is 5.26 Å². The largest absolute Gasteiger partial charge is 0.338 e. The lowest BCUT2D eigenvalue weighted by Gasteiger charge is -2.06. The topological polar surface area (TPSA) is 74.9 Å². The number of fused-ring (bicyclic) bond motifs is 1. The minimum atomic E-state index is -0.232. The summed E-state index contributed by atoms with van der Waals surface area (Å²) in [5, 5.41) is 13.6. The van der Waals surface area contributed by atoms with Crippen molar-refractivity contribution in [3.63, 3.8) is 0 Å². The smallest absolute Gasteiger partial charge is 0.244 e. The average Bonchev–Trinajstić information content (AvgIpc) is 3.09. The lowest BCUT2D eigenvalue weighted by Crippen LogP contribution is -2.18. The third-order valence-corrected chi connectivity index (χ3v) is 5.13. The summed E-state index contributed by atoms with van der Waals surface area (Å²) in [4.78, 5) is 24.5. The van der Waals surface area contributed by atoms with Crippen molar-refractivity contribution in [2.24, 2.45) is 0 Å². The van der Waals surface area contributed by atoms with E-state index in [1.165, 1.54) is 6.92 Å². The molecule has 24 heavy (non-hydrogen) atoms. The monoisotopic (exact) mass is 337 g/mol. The van der Waals surface area contributed by atoms with Gasteiger partial charge in [0.1, 0.15) is 17.6 Å². The van der Waals surface area contributed by atoms with Crippen molar-refractivity contribution in [2.45, 2.75) is 20.4 Å². The minimum absolute atomic E-state index is 0.106. The van der Waals surface area contributed by atoms with Crippen LogP contribution in [-0.4, -0.2) is 16.3 Å². The first kappa shape index (κ1) is 16.0. The fraction of sp³-hybridized carbons (Fsp3) is 0.167. The van der Waals surface area contributed by atoms with Gasteiger partial charge >= 0.3 is 0 Å². The van der Waals surface area contributed by atoms with E-state index in [0.29, 0.717) is 21.0 Å². The van der Waals surface area contributed by atoms with Crippen molar-refractivity contribution in [3.8, 4) is 6.07 Å². The fourth-order valence-electron chi connectivity index (χ4n) is 2.67. The molecule has 0 bridgehead atoms. The van der Waals surface area contributed by atoms with Crippen LogP contribution >= 0.6 is 11.3 Å². The van der Waals surface area contributed by atoms with Gasteiger partial charge in [0.05, 0.1) is 10.4 Å². The quantitative estimate of drug-likeness (QED) is 0.737. The van der Waals surface area contributed by atoms with Crippen molar-refractivity contribution < 1.29 is 9.59 Å². The van der Waals surface area contributed by atoms with Gasteiger partial charge in [-0.2, -0.15) is 5.26 Å². The van der Waals surface area contributed by atoms with Crippen LogP contribution in [0.5, 0.6) is 0 Å². The number of anilines is 1. The predicted molar refractivity (Wildman–Crippen MR) is 94.3 cm³/mol. The molecule has 1 N–H and O–H groups in total. The lowest BCUT2D eigenvalue weighted by molar-refractivity contribution is -0.116. The number of rotatable bonds is 4. The summed E-state index contributed by atoms with van der Waals surface area (Å²) in [6.07, 6.45) is 1.86. The van der Waals surface area contributed by atoms with Gasteiger partial charge < -0.3 is 9.88 Å². The molecule has 0 radical (unpaired) electrons. The van der Waals surface area contributed by atoms with Gasteiger partial charge in [-0.15, -0.1) is 11.3 Å². The first-order valence-electron chi connectivity index (χ1n) is 7.39. The highest BCUT2D eigenvalue weighted by Crippen LogP contribution is 2.32. The number of nitriles is 1. The molecule has 2 heterocycles. The number of nitrogens with one attached hydrogen (secondary N) is 1. The maximum absolute atomic E-state index is 12.4. The van der Waals surface area contributed by atoms with Crippen LogP contribution in [0.2, 0.25) is 0 Å². The van der Waals surface area contributed by atoms with E-state index in [0.717, 1.165) is 22.2 Å². The number of nitrogens with zero attached hydrogens (tertiary/aromatic N) is 2. The summed E-state index contributed by atoms with van der Waals surface area (Å²) in [7, 11) is 0. The van der Waals surface area contributed by atoms with Crippen LogP contribution < -0.4 is 5.32 Å². The van der Waals surface area contributed by atoms with Gasteiger partial charge in [-0.3, -0.25) is 9.59 Å². The minimum Gasteiger partial charge on any atom is -0.338 e. The Morgan fingerprint density at radius 2 is 2.04 bits per heavy atom. The molecule has 3 aromatic rings. The molecule has 1 amide bonds. The molecule has 5 nitrogen and oxygen atoms in total. The molecule has 0 atom stereocenters. The van der Waals surface area contributed by atoms with Gasteiger partial charge in [-0.25, -0.2) is 0 Å². The van der Waals surface area contributed by atoms with E-state index >= 15 is 0 Å². The molecule has 0 unspecified atom stereocenters. The van der Waals surface area contributed by atoms with E-state index in [1.54, 1.807) is 6.92 Å². The Bertz CT molecular complexity index is 992. The number of Topliss-reactive ketones (excluding diaryl/α,β-unsaturated/α-hetero) is 1. The summed E-state index contributed by atoms with van der Waals surface area (Å²) in [5.41, 5.74) is 1.95. The van der Waals surface area contributed by atoms with Gasteiger partial charge in [0.15, 0.2) is 5.78 Å². The van der Waals surface area contributed by atoms with E-state index < -0.39 is 0 Å². The first-order chi connectivity index (χ1) is 11.5. The molecule has 0 spiro atoms. The number of thiophene rings is 1. The third kappa shape index (κ3) is 2.82. The molecule has 0 aliphatic carbocycles. The Hall–Kier alpha value is -2.91. The third-order valence-electron chi connectivity index (χ3n) is 3.83. The number of carbonyl (C=O) groups excluding carboxylic acids is 2.